The summed E-state index contributed by atoms with van der Waals surface area (Å²) in [4.78, 5) is 0. The summed E-state index contributed by atoms with van der Waals surface area (Å²) in [6.45, 7) is 5.27. The zero-order chi connectivity index (χ0) is 19.2. The molecule has 0 aliphatic carbocycles. The van der Waals surface area contributed by atoms with E-state index in [-0.39, 0.29) is 17.2 Å². The summed E-state index contributed by atoms with van der Waals surface area (Å²) in [5, 5.41) is 0. The van der Waals surface area contributed by atoms with E-state index in [4.69, 9.17) is 14.2 Å². The standard InChI is InChI=1S/C22H26F2O3/c1-3-5-12-25-19-11-10-18(20(23)21(19)24)22-26-13-17(14-27-22)16-8-6-15(4-2)7-9-16/h6-11,17,22H,3-5,12-14H2,1-2H3. The Morgan fingerprint density at radius 2 is 1.67 bits per heavy atom. The molecule has 0 amide bonds. The lowest BCUT2D eigenvalue weighted by Gasteiger charge is -2.30. The van der Waals surface area contributed by atoms with Crippen LogP contribution < -0.4 is 4.74 Å². The van der Waals surface area contributed by atoms with Crippen LogP contribution in [-0.4, -0.2) is 19.8 Å². The summed E-state index contributed by atoms with van der Waals surface area (Å²) in [6.07, 6.45) is 1.80. The Balaban J connectivity index is 1.64. The lowest BCUT2D eigenvalue weighted by molar-refractivity contribution is -0.193. The molecule has 1 aliphatic heterocycles. The monoisotopic (exact) mass is 376 g/mol. The van der Waals surface area contributed by atoms with E-state index in [0.717, 1.165) is 24.8 Å². The maximum absolute atomic E-state index is 14.4. The Bertz CT molecular complexity index is 738. The fourth-order valence-electron chi connectivity index (χ4n) is 3.07. The molecule has 1 aliphatic rings. The van der Waals surface area contributed by atoms with Gasteiger partial charge >= 0.3 is 0 Å². The maximum atomic E-state index is 14.4. The van der Waals surface area contributed by atoms with Gasteiger partial charge in [-0.3, -0.25) is 0 Å². The van der Waals surface area contributed by atoms with Crippen molar-refractivity contribution in [3.63, 3.8) is 0 Å². The molecular weight excluding hydrogens is 350 g/mol. The number of unbranched alkanes of at least 4 members (excludes halogenated alkanes) is 1. The molecule has 0 N–H and O–H groups in total. The lowest BCUT2D eigenvalue weighted by atomic mass is 9.98. The minimum atomic E-state index is -0.993. The first-order valence-electron chi connectivity index (χ1n) is 9.56. The maximum Gasteiger partial charge on any atom is 0.201 e. The number of aryl methyl sites for hydroxylation is 1. The number of rotatable bonds is 7. The summed E-state index contributed by atoms with van der Waals surface area (Å²) in [6, 6.07) is 11.2. The normalized spacial score (nSPS) is 19.9. The van der Waals surface area contributed by atoms with Crippen molar-refractivity contribution in [2.45, 2.75) is 45.3 Å². The molecule has 5 heteroatoms. The fourth-order valence-corrected chi connectivity index (χ4v) is 3.07. The van der Waals surface area contributed by atoms with Gasteiger partial charge in [-0.2, -0.15) is 4.39 Å². The topological polar surface area (TPSA) is 27.7 Å². The first kappa shape index (κ1) is 19.8. The minimum Gasteiger partial charge on any atom is -0.490 e. The molecule has 3 rings (SSSR count). The molecule has 1 saturated heterocycles. The highest BCUT2D eigenvalue weighted by Crippen LogP contribution is 2.34. The van der Waals surface area contributed by atoms with E-state index >= 15 is 0 Å². The van der Waals surface area contributed by atoms with Crippen LogP contribution in [0, 0.1) is 11.6 Å². The molecule has 1 fully saturated rings. The fraction of sp³-hybridized carbons (Fsp3) is 0.455. The predicted octanol–water partition coefficient (Wildman–Crippen LogP) is 5.54. The molecular formula is C22H26F2O3. The Labute approximate surface area is 159 Å². The lowest BCUT2D eigenvalue weighted by Crippen LogP contribution is -2.26. The number of hydrogen-bond acceptors (Lipinski definition) is 3. The van der Waals surface area contributed by atoms with Crippen LogP contribution in [0.1, 0.15) is 55.6 Å². The third kappa shape index (κ3) is 4.66. The summed E-state index contributed by atoms with van der Waals surface area (Å²) in [5.41, 5.74) is 2.46. The number of benzene rings is 2. The molecule has 0 bridgehead atoms. The molecule has 0 spiro atoms. The van der Waals surface area contributed by atoms with Crippen LogP contribution in [-0.2, 0) is 15.9 Å². The molecule has 146 valence electrons. The predicted molar refractivity (Wildman–Crippen MR) is 100.0 cm³/mol. The quantitative estimate of drug-likeness (QED) is 0.594. The van der Waals surface area contributed by atoms with Gasteiger partial charge in [0.15, 0.2) is 17.9 Å². The average Bonchev–Trinajstić information content (AvgIpc) is 2.72. The van der Waals surface area contributed by atoms with Gasteiger partial charge in [-0.1, -0.05) is 44.5 Å². The zero-order valence-corrected chi connectivity index (χ0v) is 15.8. The molecule has 2 aromatic rings. The van der Waals surface area contributed by atoms with E-state index in [1.165, 1.54) is 17.7 Å². The molecule has 0 aromatic heterocycles. The van der Waals surface area contributed by atoms with Gasteiger partial charge in [-0.15, -0.1) is 0 Å². The Morgan fingerprint density at radius 1 is 0.963 bits per heavy atom. The van der Waals surface area contributed by atoms with E-state index in [2.05, 4.69) is 31.2 Å². The number of hydrogen-bond donors (Lipinski definition) is 0. The minimum absolute atomic E-state index is 0.0649. The highest BCUT2D eigenvalue weighted by atomic mass is 19.2. The van der Waals surface area contributed by atoms with Gasteiger partial charge < -0.3 is 14.2 Å². The van der Waals surface area contributed by atoms with Crippen molar-refractivity contribution in [2.75, 3.05) is 19.8 Å². The van der Waals surface area contributed by atoms with Crippen LogP contribution >= 0.6 is 0 Å². The molecule has 3 nitrogen and oxygen atoms in total. The third-order valence-electron chi connectivity index (χ3n) is 4.84. The first-order valence-corrected chi connectivity index (χ1v) is 9.56. The molecule has 0 radical (unpaired) electrons. The van der Waals surface area contributed by atoms with Gasteiger partial charge in [-0.25, -0.2) is 4.39 Å². The second-order valence-electron chi connectivity index (χ2n) is 6.77. The smallest absolute Gasteiger partial charge is 0.201 e. The van der Waals surface area contributed by atoms with Crippen molar-refractivity contribution >= 4 is 0 Å². The summed E-state index contributed by atoms with van der Waals surface area (Å²) in [7, 11) is 0. The van der Waals surface area contributed by atoms with Crippen molar-refractivity contribution in [3.8, 4) is 5.75 Å². The summed E-state index contributed by atoms with van der Waals surface area (Å²) in [5.74, 6) is -1.96. The molecule has 0 atom stereocenters. The summed E-state index contributed by atoms with van der Waals surface area (Å²) < 4.78 is 45.4. The van der Waals surface area contributed by atoms with Crippen molar-refractivity contribution in [1.82, 2.24) is 0 Å². The second-order valence-corrected chi connectivity index (χ2v) is 6.77. The zero-order valence-electron chi connectivity index (χ0n) is 15.8. The van der Waals surface area contributed by atoms with E-state index in [9.17, 15) is 8.78 Å². The van der Waals surface area contributed by atoms with Gasteiger partial charge in [0, 0.05) is 11.5 Å². The number of ether oxygens (including phenoxy) is 3. The average molecular weight is 376 g/mol. The molecule has 2 aromatic carbocycles. The summed E-state index contributed by atoms with van der Waals surface area (Å²) >= 11 is 0. The molecule has 0 unspecified atom stereocenters. The van der Waals surface area contributed by atoms with Crippen LogP contribution in [0.15, 0.2) is 36.4 Å². The van der Waals surface area contributed by atoms with Gasteiger partial charge in [0.25, 0.3) is 0 Å². The molecule has 1 heterocycles. The van der Waals surface area contributed by atoms with Crippen molar-refractivity contribution in [2.24, 2.45) is 0 Å². The van der Waals surface area contributed by atoms with Gasteiger partial charge in [0.1, 0.15) is 0 Å². The van der Waals surface area contributed by atoms with Gasteiger partial charge in [0.2, 0.25) is 5.82 Å². The second kappa shape index (κ2) is 9.29. The van der Waals surface area contributed by atoms with Crippen LogP contribution in [0.5, 0.6) is 5.75 Å². The van der Waals surface area contributed by atoms with E-state index in [1.807, 2.05) is 6.92 Å². The highest BCUT2D eigenvalue weighted by molar-refractivity contribution is 5.32. The Hall–Kier alpha value is -1.98. The third-order valence-corrected chi connectivity index (χ3v) is 4.84. The Kier molecular flexibility index (Phi) is 6.80. The van der Waals surface area contributed by atoms with Crippen molar-refractivity contribution in [1.29, 1.82) is 0 Å². The molecule has 27 heavy (non-hydrogen) atoms. The van der Waals surface area contributed by atoms with Crippen LogP contribution in [0.3, 0.4) is 0 Å². The van der Waals surface area contributed by atoms with Crippen LogP contribution in [0.4, 0.5) is 8.78 Å². The largest absolute Gasteiger partial charge is 0.490 e. The van der Waals surface area contributed by atoms with Crippen LogP contribution in [0.2, 0.25) is 0 Å². The van der Waals surface area contributed by atoms with Gasteiger partial charge in [-0.05, 0) is 36.1 Å². The SMILES string of the molecule is CCCCOc1ccc(C2OCC(c3ccc(CC)cc3)CO2)c(F)c1F. The number of halogens is 2. The van der Waals surface area contributed by atoms with E-state index in [0.29, 0.717) is 19.8 Å². The van der Waals surface area contributed by atoms with Crippen LogP contribution in [0.25, 0.3) is 0 Å². The van der Waals surface area contributed by atoms with E-state index in [1.54, 1.807) is 0 Å². The van der Waals surface area contributed by atoms with Crippen molar-refractivity contribution < 1.29 is 23.0 Å². The van der Waals surface area contributed by atoms with E-state index < -0.39 is 17.9 Å². The Morgan fingerprint density at radius 3 is 2.30 bits per heavy atom. The molecule has 0 saturated carbocycles. The first-order chi connectivity index (χ1) is 13.1. The van der Waals surface area contributed by atoms with Crippen molar-refractivity contribution in [3.05, 3.63) is 64.7 Å². The highest BCUT2D eigenvalue weighted by Gasteiger charge is 2.28. The van der Waals surface area contributed by atoms with Gasteiger partial charge in [0.05, 0.1) is 19.8 Å².